The van der Waals surface area contributed by atoms with Gasteiger partial charge in [0.05, 0.1) is 17.3 Å². The average Bonchev–Trinajstić information content (AvgIpc) is 2.78. The highest BCUT2D eigenvalue weighted by Crippen LogP contribution is 2.22. The van der Waals surface area contributed by atoms with Crippen LogP contribution in [-0.2, 0) is 20.7 Å². The van der Waals surface area contributed by atoms with E-state index >= 15 is 0 Å². The number of methoxy groups -OCH3 is 1. The summed E-state index contributed by atoms with van der Waals surface area (Å²) in [6.45, 7) is 0.660. The molecule has 0 saturated heterocycles. The molecule has 0 radical (unpaired) electrons. The Hall–Kier alpha value is -0.880. The van der Waals surface area contributed by atoms with Gasteiger partial charge in [0.1, 0.15) is 0 Å². The standard InChI is InChI=1S/C12H16BrNO3S/c1-14(11(15)5-6-12(16)17-2)8-7-9-3-4-10(13)18-9/h3-4H,5-8H2,1-2H3. The largest absolute Gasteiger partial charge is 0.469 e. The highest BCUT2D eigenvalue weighted by molar-refractivity contribution is 9.11. The summed E-state index contributed by atoms with van der Waals surface area (Å²) in [4.78, 5) is 25.5. The van der Waals surface area contributed by atoms with Crippen molar-refractivity contribution in [3.8, 4) is 0 Å². The van der Waals surface area contributed by atoms with Gasteiger partial charge in [-0.15, -0.1) is 11.3 Å². The Morgan fingerprint density at radius 1 is 1.39 bits per heavy atom. The lowest BCUT2D eigenvalue weighted by Gasteiger charge is -2.16. The monoisotopic (exact) mass is 333 g/mol. The first-order valence-corrected chi connectivity index (χ1v) is 7.19. The van der Waals surface area contributed by atoms with Crippen molar-refractivity contribution < 1.29 is 14.3 Å². The summed E-state index contributed by atoms with van der Waals surface area (Å²) in [5, 5.41) is 0. The van der Waals surface area contributed by atoms with Gasteiger partial charge in [-0.25, -0.2) is 0 Å². The number of ether oxygens (including phenoxy) is 1. The Morgan fingerprint density at radius 3 is 2.67 bits per heavy atom. The van der Waals surface area contributed by atoms with E-state index in [1.807, 2.05) is 12.1 Å². The molecule has 0 atom stereocenters. The first kappa shape index (κ1) is 15.2. The number of carbonyl (C=O) groups excluding carboxylic acids is 2. The number of halogens is 1. The molecule has 0 spiro atoms. The number of likely N-dealkylation sites (N-methyl/N-ethyl adjacent to an activating group) is 1. The van der Waals surface area contributed by atoms with E-state index in [2.05, 4.69) is 20.7 Å². The van der Waals surface area contributed by atoms with Crippen molar-refractivity contribution in [2.75, 3.05) is 20.7 Å². The summed E-state index contributed by atoms with van der Waals surface area (Å²) in [5.41, 5.74) is 0. The van der Waals surface area contributed by atoms with E-state index in [1.54, 1.807) is 23.3 Å². The molecule has 1 aromatic heterocycles. The molecule has 0 unspecified atom stereocenters. The van der Waals surface area contributed by atoms with Crippen molar-refractivity contribution in [2.45, 2.75) is 19.3 Å². The Morgan fingerprint density at radius 2 is 2.11 bits per heavy atom. The van der Waals surface area contributed by atoms with Crippen LogP contribution < -0.4 is 0 Å². The van der Waals surface area contributed by atoms with Gasteiger partial charge in [-0.2, -0.15) is 0 Å². The second-order valence-electron chi connectivity index (χ2n) is 3.85. The van der Waals surface area contributed by atoms with Crippen molar-refractivity contribution in [2.24, 2.45) is 0 Å². The number of rotatable bonds is 6. The van der Waals surface area contributed by atoms with E-state index < -0.39 is 0 Å². The molecule has 0 saturated carbocycles. The number of carbonyl (C=O) groups is 2. The van der Waals surface area contributed by atoms with E-state index in [0.29, 0.717) is 6.54 Å². The zero-order chi connectivity index (χ0) is 13.5. The maximum Gasteiger partial charge on any atom is 0.306 e. The minimum atomic E-state index is -0.348. The van der Waals surface area contributed by atoms with Crippen LogP contribution in [0.15, 0.2) is 15.9 Å². The highest BCUT2D eigenvalue weighted by atomic mass is 79.9. The van der Waals surface area contributed by atoms with E-state index in [9.17, 15) is 9.59 Å². The maximum absolute atomic E-state index is 11.7. The Bertz CT molecular complexity index is 419. The van der Waals surface area contributed by atoms with Gasteiger partial charge < -0.3 is 9.64 Å². The number of nitrogens with zero attached hydrogens (tertiary/aromatic N) is 1. The van der Waals surface area contributed by atoms with Gasteiger partial charge in [0.25, 0.3) is 0 Å². The van der Waals surface area contributed by atoms with Crippen LogP contribution in [0.2, 0.25) is 0 Å². The van der Waals surface area contributed by atoms with Crippen molar-refractivity contribution in [1.82, 2.24) is 4.90 Å². The molecule has 0 fully saturated rings. The summed E-state index contributed by atoms with van der Waals surface area (Å²) < 4.78 is 5.59. The fourth-order valence-electron chi connectivity index (χ4n) is 1.39. The number of esters is 1. The smallest absolute Gasteiger partial charge is 0.306 e. The van der Waals surface area contributed by atoms with Crippen LogP contribution >= 0.6 is 27.3 Å². The quantitative estimate of drug-likeness (QED) is 0.751. The summed E-state index contributed by atoms with van der Waals surface area (Å²) in [5.74, 6) is -0.380. The van der Waals surface area contributed by atoms with Crippen molar-refractivity contribution in [3.05, 3.63) is 20.8 Å². The molecule has 1 aromatic rings. The number of amides is 1. The van der Waals surface area contributed by atoms with Crippen LogP contribution in [0, 0.1) is 0 Å². The predicted octanol–water partition coefficient (Wildman–Crippen LogP) is 2.46. The lowest BCUT2D eigenvalue weighted by molar-refractivity contribution is -0.143. The molecule has 0 aliphatic rings. The molecule has 0 aromatic carbocycles. The van der Waals surface area contributed by atoms with Gasteiger partial charge in [-0.05, 0) is 34.5 Å². The zero-order valence-corrected chi connectivity index (χ0v) is 12.8. The number of thiophene rings is 1. The Balaban J connectivity index is 2.29. The fraction of sp³-hybridized carbons (Fsp3) is 0.500. The van der Waals surface area contributed by atoms with Crippen LogP contribution in [0.25, 0.3) is 0 Å². The Labute approximate surface area is 119 Å². The second kappa shape index (κ2) is 7.53. The Kier molecular flexibility index (Phi) is 6.35. The van der Waals surface area contributed by atoms with E-state index in [0.717, 1.165) is 10.2 Å². The van der Waals surface area contributed by atoms with Crippen LogP contribution in [0.5, 0.6) is 0 Å². The molecule has 1 heterocycles. The van der Waals surface area contributed by atoms with Gasteiger partial charge >= 0.3 is 5.97 Å². The van der Waals surface area contributed by atoms with Crippen molar-refractivity contribution in [1.29, 1.82) is 0 Å². The second-order valence-corrected chi connectivity index (χ2v) is 6.39. The maximum atomic E-state index is 11.7. The van der Waals surface area contributed by atoms with E-state index in [1.165, 1.54) is 12.0 Å². The normalized spacial score (nSPS) is 10.2. The van der Waals surface area contributed by atoms with Gasteiger partial charge in [0.15, 0.2) is 0 Å². The number of hydrogen-bond acceptors (Lipinski definition) is 4. The molecular formula is C12H16BrNO3S. The molecule has 18 heavy (non-hydrogen) atoms. The molecule has 0 aliphatic heterocycles. The first-order chi connectivity index (χ1) is 8.52. The third-order valence-corrected chi connectivity index (χ3v) is 4.20. The minimum absolute atomic E-state index is 0.0315. The lowest BCUT2D eigenvalue weighted by atomic mass is 10.2. The first-order valence-electron chi connectivity index (χ1n) is 5.58. The predicted molar refractivity (Wildman–Crippen MR) is 74.6 cm³/mol. The van der Waals surface area contributed by atoms with Crippen LogP contribution in [0.3, 0.4) is 0 Å². The summed E-state index contributed by atoms with van der Waals surface area (Å²) in [6.07, 6.45) is 1.18. The molecule has 1 rings (SSSR count). The average molecular weight is 334 g/mol. The molecule has 4 nitrogen and oxygen atoms in total. The molecule has 0 aliphatic carbocycles. The highest BCUT2D eigenvalue weighted by Gasteiger charge is 2.11. The van der Waals surface area contributed by atoms with Gasteiger partial charge in [-0.1, -0.05) is 0 Å². The summed E-state index contributed by atoms with van der Waals surface area (Å²) >= 11 is 5.07. The van der Waals surface area contributed by atoms with Crippen LogP contribution in [0.4, 0.5) is 0 Å². The molecule has 100 valence electrons. The van der Waals surface area contributed by atoms with Crippen molar-refractivity contribution in [3.63, 3.8) is 0 Å². The van der Waals surface area contributed by atoms with Gasteiger partial charge in [0.2, 0.25) is 5.91 Å². The van der Waals surface area contributed by atoms with Gasteiger partial charge in [-0.3, -0.25) is 9.59 Å². The zero-order valence-electron chi connectivity index (χ0n) is 10.4. The molecule has 0 bridgehead atoms. The minimum Gasteiger partial charge on any atom is -0.469 e. The molecule has 0 N–H and O–H groups in total. The van der Waals surface area contributed by atoms with Gasteiger partial charge in [0, 0.05) is 24.9 Å². The SMILES string of the molecule is COC(=O)CCC(=O)N(C)CCc1ccc(Br)s1. The van der Waals surface area contributed by atoms with Crippen LogP contribution in [0.1, 0.15) is 17.7 Å². The van der Waals surface area contributed by atoms with Crippen molar-refractivity contribution >= 4 is 39.1 Å². The summed E-state index contributed by atoms with van der Waals surface area (Å²) in [6, 6.07) is 4.04. The lowest BCUT2D eigenvalue weighted by Crippen LogP contribution is -2.29. The number of hydrogen-bond donors (Lipinski definition) is 0. The van der Waals surface area contributed by atoms with E-state index in [4.69, 9.17) is 0 Å². The molecular weight excluding hydrogens is 318 g/mol. The fourth-order valence-corrected chi connectivity index (χ4v) is 2.86. The summed E-state index contributed by atoms with van der Waals surface area (Å²) in [7, 11) is 3.08. The molecule has 1 amide bonds. The third kappa shape index (κ3) is 5.18. The topological polar surface area (TPSA) is 46.6 Å². The molecule has 6 heteroatoms. The van der Waals surface area contributed by atoms with Crippen LogP contribution in [-0.4, -0.2) is 37.5 Å². The van der Waals surface area contributed by atoms with E-state index in [-0.39, 0.29) is 24.7 Å². The third-order valence-electron chi connectivity index (χ3n) is 2.52.